The first-order valence-electron chi connectivity index (χ1n) is 5.23. The van der Waals surface area contributed by atoms with E-state index in [9.17, 15) is 4.79 Å². The molecular formula is C13H10N2O. The van der Waals surface area contributed by atoms with Crippen molar-refractivity contribution >= 4 is 11.9 Å². The topological polar surface area (TPSA) is 41.8 Å². The maximum atomic E-state index is 11.7. The number of carbonyl (C=O) groups excluding carboxylic acids is 1. The maximum Gasteiger partial charge on any atom is 0.184 e. The Hall–Kier alpha value is -2.03. The van der Waals surface area contributed by atoms with Gasteiger partial charge < -0.3 is 0 Å². The number of hydrogen-bond donors (Lipinski definition) is 0. The minimum absolute atomic E-state index is 0.0707. The lowest BCUT2D eigenvalue weighted by atomic mass is 9.93. The Labute approximate surface area is 93.2 Å². The van der Waals surface area contributed by atoms with Gasteiger partial charge in [-0.25, -0.2) is 0 Å². The molecule has 3 heteroatoms. The van der Waals surface area contributed by atoms with E-state index < -0.39 is 0 Å². The number of rotatable bonds is 0. The molecular weight excluding hydrogens is 200 g/mol. The summed E-state index contributed by atoms with van der Waals surface area (Å²) in [4.78, 5) is 11.7. The molecule has 0 bridgehead atoms. The summed E-state index contributed by atoms with van der Waals surface area (Å²) in [5, 5.41) is 8.09. The lowest BCUT2D eigenvalue weighted by Crippen LogP contribution is -2.17. The molecule has 1 aromatic carbocycles. The molecule has 0 N–H and O–H groups in total. The first-order valence-corrected chi connectivity index (χ1v) is 5.23. The molecule has 0 radical (unpaired) electrons. The predicted octanol–water partition coefficient (Wildman–Crippen LogP) is 2.72. The van der Waals surface area contributed by atoms with Crippen LogP contribution in [-0.4, -0.2) is 12.3 Å². The number of fused-ring (bicyclic) bond motifs is 3. The second-order valence-electron chi connectivity index (χ2n) is 3.85. The van der Waals surface area contributed by atoms with Crippen molar-refractivity contribution in [3.8, 4) is 0 Å². The van der Waals surface area contributed by atoms with E-state index >= 15 is 0 Å². The highest BCUT2D eigenvalue weighted by Crippen LogP contribution is 2.34. The van der Waals surface area contributed by atoms with Crippen molar-refractivity contribution in [3.05, 3.63) is 53.1 Å². The van der Waals surface area contributed by atoms with E-state index in [0.29, 0.717) is 0 Å². The molecule has 0 saturated heterocycles. The van der Waals surface area contributed by atoms with Crippen molar-refractivity contribution in [3.63, 3.8) is 0 Å². The van der Waals surface area contributed by atoms with E-state index in [4.69, 9.17) is 0 Å². The number of benzene rings is 1. The number of ketones is 1. The van der Waals surface area contributed by atoms with Gasteiger partial charge in [-0.1, -0.05) is 42.5 Å². The third kappa shape index (κ3) is 1.33. The number of nitrogens with zero attached hydrogens (tertiary/aromatic N) is 2. The molecule has 78 valence electrons. The highest BCUT2D eigenvalue weighted by atomic mass is 16.1. The van der Waals surface area contributed by atoms with E-state index in [1.54, 1.807) is 0 Å². The van der Waals surface area contributed by atoms with Crippen molar-refractivity contribution in [2.75, 3.05) is 6.54 Å². The van der Waals surface area contributed by atoms with Crippen LogP contribution in [0.15, 0.2) is 52.2 Å². The fraction of sp³-hybridized carbons (Fsp3) is 0.154. The van der Waals surface area contributed by atoms with Crippen LogP contribution >= 0.6 is 0 Å². The molecule has 0 fully saturated rings. The molecule has 2 aliphatic rings. The minimum Gasteiger partial charge on any atom is -0.292 e. The molecule has 1 aromatic rings. The van der Waals surface area contributed by atoms with Crippen LogP contribution in [0.5, 0.6) is 0 Å². The summed E-state index contributed by atoms with van der Waals surface area (Å²) in [7, 11) is 0. The van der Waals surface area contributed by atoms with Crippen molar-refractivity contribution < 1.29 is 4.79 Å². The smallest absolute Gasteiger partial charge is 0.184 e. The summed E-state index contributed by atoms with van der Waals surface area (Å²) in [6, 6.07) is 7.76. The number of hydrogen-bond acceptors (Lipinski definition) is 3. The third-order valence-electron chi connectivity index (χ3n) is 2.87. The van der Waals surface area contributed by atoms with Crippen LogP contribution < -0.4 is 0 Å². The minimum atomic E-state index is -0.215. The fourth-order valence-electron chi connectivity index (χ4n) is 2.07. The Morgan fingerprint density at radius 2 is 2.12 bits per heavy atom. The molecule has 1 aliphatic carbocycles. The Morgan fingerprint density at radius 3 is 3.06 bits per heavy atom. The number of allylic oxidation sites excluding steroid dienone is 2. The lowest BCUT2D eigenvalue weighted by molar-refractivity contribution is -0.115. The lowest BCUT2D eigenvalue weighted by Gasteiger charge is -2.18. The van der Waals surface area contributed by atoms with Gasteiger partial charge in [0.1, 0.15) is 12.6 Å². The predicted molar refractivity (Wildman–Crippen MR) is 61.0 cm³/mol. The summed E-state index contributed by atoms with van der Waals surface area (Å²) in [6.07, 6.45) is 5.77. The monoisotopic (exact) mass is 210 g/mol. The molecule has 1 atom stereocenters. The SMILES string of the molecule is O=C1CN=NC2C1=CC=Cc1ccccc12. The van der Waals surface area contributed by atoms with Gasteiger partial charge in [-0.15, -0.1) is 0 Å². The summed E-state index contributed by atoms with van der Waals surface area (Å²) in [6.45, 7) is 0.179. The zero-order valence-electron chi connectivity index (χ0n) is 8.63. The molecule has 0 amide bonds. The first kappa shape index (κ1) is 9.21. The van der Waals surface area contributed by atoms with E-state index in [-0.39, 0.29) is 18.4 Å². The summed E-state index contributed by atoms with van der Waals surface area (Å²) >= 11 is 0. The molecule has 1 heterocycles. The number of Topliss-reactive ketones (excluding diaryl/α,β-unsaturated/α-hetero) is 1. The van der Waals surface area contributed by atoms with Gasteiger partial charge in [-0.3, -0.25) is 4.79 Å². The van der Waals surface area contributed by atoms with Gasteiger partial charge in [0.2, 0.25) is 0 Å². The molecule has 0 spiro atoms. The van der Waals surface area contributed by atoms with Crippen LogP contribution in [0.2, 0.25) is 0 Å². The van der Waals surface area contributed by atoms with Crippen molar-refractivity contribution in [2.45, 2.75) is 6.04 Å². The maximum absolute atomic E-state index is 11.7. The van der Waals surface area contributed by atoms with Gasteiger partial charge in [0.15, 0.2) is 5.78 Å². The van der Waals surface area contributed by atoms with Gasteiger partial charge in [0, 0.05) is 5.57 Å². The van der Waals surface area contributed by atoms with Crippen molar-refractivity contribution in [2.24, 2.45) is 10.2 Å². The van der Waals surface area contributed by atoms with Gasteiger partial charge in [-0.05, 0) is 11.1 Å². The van der Waals surface area contributed by atoms with E-state index in [0.717, 1.165) is 16.7 Å². The summed E-state index contributed by atoms with van der Waals surface area (Å²) in [5.74, 6) is 0.0707. The Morgan fingerprint density at radius 1 is 1.25 bits per heavy atom. The molecule has 0 saturated carbocycles. The first-order chi connectivity index (χ1) is 7.86. The Kier molecular flexibility index (Phi) is 2.03. The highest BCUT2D eigenvalue weighted by molar-refractivity contribution is 5.99. The molecule has 3 rings (SSSR count). The standard InChI is InChI=1S/C13H10N2O/c16-12-8-14-15-13-10-6-2-1-4-9(10)5-3-7-11(12)13/h1-7,13H,8H2. The zero-order chi connectivity index (χ0) is 11.0. The van der Waals surface area contributed by atoms with E-state index in [1.807, 2.05) is 42.5 Å². The largest absolute Gasteiger partial charge is 0.292 e. The Bertz CT molecular complexity index is 541. The Balaban J connectivity index is 2.21. The molecule has 3 nitrogen and oxygen atoms in total. The van der Waals surface area contributed by atoms with Crippen LogP contribution in [-0.2, 0) is 4.79 Å². The zero-order valence-corrected chi connectivity index (χ0v) is 8.63. The van der Waals surface area contributed by atoms with Crippen LogP contribution in [0.3, 0.4) is 0 Å². The normalized spacial score (nSPS) is 22.1. The third-order valence-corrected chi connectivity index (χ3v) is 2.87. The molecule has 16 heavy (non-hydrogen) atoms. The summed E-state index contributed by atoms with van der Waals surface area (Å²) in [5.41, 5.74) is 2.91. The van der Waals surface area contributed by atoms with Gasteiger partial charge in [-0.2, -0.15) is 10.2 Å². The second-order valence-corrected chi connectivity index (χ2v) is 3.85. The van der Waals surface area contributed by atoms with Crippen LogP contribution in [0.4, 0.5) is 0 Å². The van der Waals surface area contributed by atoms with Gasteiger partial charge >= 0.3 is 0 Å². The molecule has 1 unspecified atom stereocenters. The van der Waals surface area contributed by atoms with E-state index in [1.165, 1.54) is 0 Å². The number of azo groups is 1. The number of carbonyl (C=O) groups is 1. The second kappa shape index (κ2) is 3.52. The summed E-state index contributed by atoms with van der Waals surface area (Å²) < 4.78 is 0. The van der Waals surface area contributed by atoms with Crippen molar-refractivity contribution in [1.82, 2.24) is 0 Å². The van der Waals surface area contributed by atoms with Crippen LogP contribution in [0.25, 0.3) is 6.08 Å². The van der Waals surface area contributed by atoms with Gasteiger partial charge in [0.05, 0.1) is 0 Å². The average Bonchev–Trinajstić information content (AvgIpc) is 2.50. The fourth-order valence-corrected chi connectivity index (χ4v) is 2.07. The van der Waals surface area contributed by atoms with Gasteiger partial charge in [0.25, 0.3) is 0 Å². The van der Waals surface area contributed by atoms with E-state index in [2.05, 4.69) is 10.2 Å². The highest BCUT2D eigenvalue weighted by Gasteiger charge is 2.27. The average molecular weight is 210 g/mol. The van der Waals surface area contributed by atoms with Crippen LogP contribution in [0, 0.1) is 0 Å². The molecule has 1 aliphatic heterocycles. The quantitative estimate of drug-likeness (QED) is 0.649. The molecule has 0 aromatic heterocycles. The van der Waals surface area contributed by atoms with Crippen molar-refractivity contribution in [1.29, 1.82) is 0 Å². The van der Waals surface area contributed by atoms with Crippen LogP contribution in [0.1, 0.15) is 17.2 Å².